The van der Waals surface area contributed by atoms with Crippen molar-refractivity contribution < 1.29 is 9.53 Å². The van der Waals surface area contributed by atoms with E-state index in [-0.39, 0.29) is 6.04 Å². The summed E-state index contributed by atoms with van der Waals surface area (Å²) < 4.78 is 6.92. The Morgan fingerprint density at radius 3 is 2.88 bits per heavy atom. The SMILES string of the molecule is CC(C)(C)OC(=O)NCc1cn2ncc(C(N)CC3CCC3)cc2n1. The van der Waals surface area contributed by atoms with Crippen LogP contribution in [0.5, 0.6) is 0 Å². The lowest BCUT2D eigenvalue weighted by atomic mass is 9.80. The van der Waals surface area contributed by atoms with Gasteiger partial charge in [-0.2, -0.15) is 5.10 Å². The summed E-state index contributed by atoms with van der Waals surface area (Å²) in [6.07, 6.45) is 8.05. The monoisotopic (exact) mass is 345 g/mol. The number of ether oxygens (including phenoxy) is 1. The van der Waals surface area contributed by atoms with E-state index in [1.165, 1.54) is 19.3 Å². The summed E-state index contributed by atoms with van der Waals surface area (Å²) in [5.74, 6) is 0.750. The number of carbonyl (C=O) groups is 1. The highest BCUT2D eigenvalue weighted by atomic mass is 16.6. The largest absolute Gasteiger partial charge is 0.444 e. The van der Waals surface area contributed by atoms with Gasteiger partial charge in [0.25, 0.3) is 0 Å². The van der Waals surface area contributed by atoms with E-state index in [1.807, 2.05) is 33.0 Å². The molecular formula is C18H27N5O2. The number of imidazole rings is 1. The van der Waals surface area contributed by atoms with E-state index < -0.39 is 11.7 Å². The van der Waals surface area contributed by atoms with Gasteiger partial charge in [-0.05, 0) is 44.7 Å². The molecule has 1 fully saturated rings. The maximum absolute atomic E-state index is 11.7. The van der Waals surface area contributed by atoms with Gasteiger partial charge in [-0.15, -0.1) is 0 Å². The molecule has 1 aliphatic carbocycles. The molecule has 2 heterocycles. The number of nitrogens with two attached hydrogens (primary N) is 1. The fraction of sp³-hybridized carbons (Fsp3) is 0.611. The second kappa shape index (κ2) is 7.00. The van der Waals surface area contributed by atoms with Crippen molar-refractivity contribution >= 4 is 11.7 Å². The average molecular weight is 345 g/mol. The summed E-state index contributed by atoms with van der Waals surface area (Å²) >= 11 is 0. The first-order valence-corrected chi connectivity index (χ1v) is 8.87. The number of amides is 1. The Balaban J connectivity index is 1.62. The first-order valence-electron chi connectivity index (χ1n) is 8.87. The van der Waals surface area contributed by atoms with E-state index in [0.29, 0.717) is 6.54 Å². The minimum atomic E-state index is -0.518. The maximum Gasteiger partial charge on any atom is 0.407 e. The molecule has 7 heteroatoms. The second-order valence-corrected chi connectivity index (χ2v) is 7.82. The average Bonchev–Trinajstić information content (AvgIpc) is 2.89. The van der Waals surface area contributed by atoms with Gasteiger partial charge >= 0.3 is 6.09 Å². The molecule has 2 aromatic rings. The van der Waals surface area contributed by atoms with Crippen LogP contribution in [0.25, 0.3) is 5.65 Å². The lowest BCUT2D eigenvalue weighted by Gasteiger charge is -2.28. The van der Waals surface area contributed by atoms with Crippen molar-refractivity contribution in [3.8, 4) is 0 Å². The minimum Gasteiger partial charge on any atom is -0.444 e. The highest BCUT2D eigenvalue weighted by Gasteiger charge is 2.21. The lowest BCUT2D eigenvalue weighted by Crippen LogP contribution is -2.32. The van der Waals surface area contributed by atoms with Gasteiger partial charge in [0.15, 0.2) is 5.65 Å². The second-order valence-electron chi connectivity index (χ2n) is 7.82. The standard InChI is InChI=1S/C18H27N5O2/c1-18(2,3)25-17(24)20-10-14-11-23-16(22-14)8-13(9-21-23)15(19)7-12-5-4-6-12/h8-9,11-12,15H,4-7,10,19H2,1-3H3,(H,20,24). The molecule has 3 N–H and O–H groups in total. The molecule has 0 radical (unpaired) electrons. The smallest absolute Gasteiger partial charge is 0.407 e. The van der Waals surface area contributed by atoms with E-state index in [4.69, 9.17) is 10.5 Å². The normalized spacial score (nSPS) is 16.5. The number of carbonyl (C=O) groups excluding carboxylic acids is 1. The zero-order valence-corrected chi connectivity index (χ0v) is 15.2. The summed E-state index contributed by atoms with van der Waals surface area (Å²) in [6, 6.07) is 1.98. The Kier molecular flexibility index (Phi) is 4.94. The molecule has 1 amide bonds. The summed E-state index contributed by atoms with van der Waals surface area (Å²) in [5, 5.41) is 7.10. The van der Waals surface area contributed by atoms with Crippen LogP contribution in [0.4, 0.5) is 4.79 Å². The Labute approximate surface area is 147 Å². The van der Waals surface area contributed by atoms with Crippen LogP contribution in [0.3, 0.4) is 0 Å². The molecule has 2 aromatic heterocycles. The Bertz CT molecular complexity index is 745. The molecule has 1 aliphatic rings. The van der Waals surface area contributed by atoms with Gasteiger partial charge in [0, 0.05) is 6.04 Å². The Morgan fingerprint density at radius 2 is 2.24 bits per heavy atom. The zero-order valence-electron chi connectivity index (χ0n) is 15.2. The third-order valence-electron chi connectivity index (χ3n) is 4.44. The number of alkyl carbamates (subject to hydrolysis) is 1. The lowest BCUT2D eigenvalue weighted by molar-refractivity contribution is 0.0523. The summed E-state index contributed by atoms with van der Waals surface area (Å²) in [5.41, 5.74) is 8.27. The Morgan fingerprint density at radius 1 is 1.48 bits per heavy atom. The highest BCUT2D eigenvalue weighted by molar-refractivity contribution is 5.67. The Hall–Kier alpha value is -2.15. The van der Waals surface area contributed by atoms with Crippen molar-refractivity contribution in [2.24, 2.45) is 11.7 Å². The molecule has 0 saturated heterocycles. The zero-order chi connectivity index (χ0) is 18.0. The molecule has 3 rings (SSSR count). The number of nitrogens with one attached hydrogen (secondary N) is 1. The van der Waals surface area contributed by atoms with Gasteiger partial charge in [0.2, 0.25) is 0 Å². The minimum absolute atomic E-state index is 0.00263. The van der Waals surface area contributed by atoms with Crippen LogP contribution < -0.4 is 11.1 Å². The van der Waals surface area contributed by atoms with Crippen molar-refractivity contribution in [3.05, 3.63) is 29.7 Å². The summed E-state index contributed by atoms with van der Waals surface area (Å²) in [6.45, 7) is 5.78. The van der Waals surface area contributed by atoms with Crippen molar-refractivity contribution in [2.45, 2.75) is 64.6 Å². The van der Waals surface area contributed by atoms with Gasteiger partial charge in [-0.25, -0.2) is 14.3 Å². The van der Waals surface area contributed by atoms with Crippen LogP contribution in [-0.4, -0.2) is 26.3 Å². The van der Waals surface area contributed by atoms with Crippen LogP contribution in [0.2, 0.25) is 0 Å². The molecule has 136 valence electrons. The number of hydrogen-bond donors (Lipinski definition) is 2. The number of nitrogens with zero attached hydrogens (tertiary/aromatic N) is 3. The molecule has 0 bridgehead atoms. The third kappa shape index (κ3) is 4.69. The van der Waals surface area contributed by atoms with Crippen LogP contribution in [0.15, 0.2) is 18.5 Å². The molecule has 0 aromatic carbocycles. The molecule has 7 nitrogen and oxygen atoms in total. The number of fused-ring (bicyclic) bond motifs is 1. The first kappa shape index (κ1) is 17.7. The van der Waals surface area contributed by atoms with Gasteiger partial charge in [-0.3, -0.25) is 0 Å². The predicted octanol–water partition coefficient (Wildman–Crippen LogP) is 2.94. The number of hydrogen-bond acceptors (Lipinski definition) is 5. The van der Waals surface area contributed by atoms with Crippen LogP contribution in [-0.2, 0) is 11.3 Å². The van der Waals surface area contributed by atoms with Gasteiger partial charge < -0.3 is 15.8 Å². The molecule has 1 saturated carbocycles. The molecular weight excluding hydrogens is 318 g/mol. The van der Waals surface area contributed by atoms with E-state index in [0.717, 1.165) is 29.2 Å². The van der Waals surface area contributed by atoms with Crippen molar-refractivity contribution in [3.63, 3.8) is 0 Å². The summed E-state index contributed by atoms with van der Waals surface area (Å²) in [7, 11) is 0. The quantitative estimate of drug-likeness (QED) is 0.869. The molecule has 1 unspecified atom stereocenters. The van der Waals surface area contributed by atoms with Crippen molar-refractivity contribution in [2.75, 3.05) is 0 Å². The topological polar surface area (TPSA) is 94.5 Å². The van der Waals surface area contributed by atoms with E-state index in [1.54, 1.807) is 10.7 Å². The first-order chi connectivity index (χ1) is 11.8. The highest BCUT2D eigenvalue weighted by Crippen LogP contribution is 2.33. The number of rotatable bonds is 5. The number of aromatic nitrogens is 3. The molecule has 0 spiro atoms. The van der Waals surface area contributed by atoms with Gasteiger partial charge in [0.1, 0.15) is 5.60 Å². The third-order valence-corrected chi connectivity index (χ3v) is 4.44. The molecule has 0 aliphatic heterocycles. The maximum atomic E-state index is 11.7. The van der Waals surface area contributed by atoms with Crippen LogP contribution in [0.1, 0.15) is 63.8 Å². The van der Waals surface area contributed by atoms with Crippen molar-refractivity contribution in [1.29, 1.82) is 0 Å². The fourth-order valence-corrected chi connectivity index (χ4v) is 2.93. The van der Waals surface area contributed by atoms with Gasteiger partial charge in [-0.1, -0.05) is 19.3 Å². The summed E-state index contributed by atoms with van der Waals surface area (Å²) in [4.78, 5) is 16.2. The van der Waals surface area contributed by atoms with E-state index in [2.05, 4.69) is 15.4 Å². The van der Waals surface area contributed by atoms with Gasteiger partial charge in [0.05, 0.1) is 24.6 Å². The van der Waals surface area contributed by atoms with Crippen LogP contribution >= 0.6 is 0 Å². The fourth-order valence-electron chi connectivity index (χ4n) is 2.93. The molecule has 1 atom stereocenters. The van der Waals surface area contributed by atoms with Crippen LogP contribution in [0, 0.1) is 5.92 Å². The van der Waals surface area contributed by atoms with Crippen molar-refractivity contribution in [1.82, 2.24) is 19.9 Å². The predicted molar refractivity (Wildman–Crippen MR) is 94.9 cm³/mol. The van der Waals surface area contributed by atoms with E-state index in [9.17, 15) is 4.79 Å². The van der Waals surface area contributed by atoms with E-state index >= 15 is 0 Å². The molecule has 25 heavy (non-hydrogen) atoms.